The van der Waals surface area contributed by atoms with E-state index in [1.165, 1.54) is 18.2 Å². The smallest absolute Gasteiger partial charge is 0.240 e. The summed E-state index contributed by atoms with van der Waals surface area (Å²) in [5.74, 6) is -0.231. The second-order valence-electron chi connectivity index (χ2n) is 5.94. The quantitative estimate of drug-likeness (QED) is 0.411. The van der Waals surface area contributed by atoms with Gasteiger partial charge in [0.15, 0.2) is 0 Å². The van der Waals surface area contributed by atoms with Gasteiger partial charge in [0.25, 0.3) is 0 Å². The number of nitrogens with zero attached hydrogens (tertiary/aromatic N) is 1. The molecule has 148 valence electrons. The second-order valence-corrected chi connectivity index (χ2v) is 5.94. The van der Waals surface area contributed by atoms with Gasteiger partial charge >= 0.3 is 0 Å². The predicted molar refractivity (Wildman–Crippen MR) is 106 cm³/mol. The Labute approximate surface area is 162 Å². The number of hydrogen-bond acceptors (Lipinski definition) is 6. The van der Waals surface area contributed by atoms with Crippen molar-refractivity contribution in [2.75, 3.05) is 11.9 Å². The number of phenols is 2. The second kappa shape index (κ2) is 9.96. The van der Waals surface area contributed by atoms with Crippen molar-refractivity contribution in [1.29, 1.82) is 0 Å². The highest BCUT2D eigenvalue weighted by molar-refractivity contribution is 6.01. The van der Waals surface area contributed by atoms with Crippen LogP contribution in [0.5, 0.6) is 17.2 Å². The average molecular weight is 385 g/mol. The van der Waals surface area contributed by atoms with E-state index in [0.717, 1.165) is 0 Å². The summed E-state index contributed by atoms with van der Waals surface area (Å²) < 4.78 is 5.33. The molecule has 0 saturated carbocycles. The standard InChI is InChI=1S/C20H23N3O5/c1-3-28-16-7-4-14(5-8-16)21-19(26)10-11-20(27)23-22-13(2)17-9-6-15(24)12-18(17)25/h4-9,12,24-25H,3,10-11H2,1-2H3,(H,21,26)(H,23,27). The van der Waals surface area contributed by atoms with E-state index >= 15 is 0 Å². The first-order valence-corrected chi connectivity index (χ1v) is 8.77. The Balaban J connectivity index is 1.80. The number of benzene rings is 2. The highest BCUT2D eigenvalue weighted by Crippen LogP contribution is 2.23. The fourth-order valence-electron chi connectivity index (χ4n) is 2.34. The summed E-state index contributed by atoms with van der Waals surface area (Å²) in [6, 6.07) is 11.0. The molecule has 28 heavy (non-hydrogen) atoms. The molecular formula is C20H23N3O5. The monoisotopic (exact) mass is 385 g/mol. The van der Waals surface area contributed by atoms with Crippen molar-refractivity contribution in [2.45, 2.75) is 26.7 Å². The van der Waals surface area contributed by atoms with E-state index < -0.39 is 5.91 Å². The number of carbonyl (C=O) groups excluding carboxylic acids is 2. The molecule has 2 aromatic rings. The Morgan fingerprint density at radius 3 is 2.36 bits per heavy atom. The Kier molecular flexibility index (Phi) is 7.38. The minimum atomic E-state index is -0.431. The van der Waals surface area contributed by atoms with Crippen LogP contribution in [0.2, 0.25) is 0 Å². The highest BCUT2D eigenvalue weighted by Gasteiger charge is 2.09. The highest BCUT2D eigenvalue weighted by atomic mass is 16.5. The van der Waals surface area contributed by atoms with Gasteiger partial charge in [0, 0.05) is 30.2 Å². The summed E-state index contributed by atoms with van der Waals surface area (Å²) in [6.07, 6.45) is -0.0424. The van der Waals surface area contributed by atoms with Crippen molar-refractivity contribution < 1.29 is 24.5 Å². The number of anilines is 1. The largest absolute Gasteiger partial charge is 0.508 e. The first-order chi connectivity index (χ1) is 13.4. The molecule has 0 unspecified atom stereocenters. The molecule has 2 amide bonds. The van der Waals surface area contributed by atoms with Gasteiger partial charge in [0.2, 0.25) is 11.8 Å². The third-order valence-electron chi connectivity index (χ3n) is 3.75. The zero-order valence-corrected chi connectivity index (χ0v) is 15.7. The number of hydrogen-bond donors (Lipinski definition) is 4. The first-order valence-electron chi connectivity index (χ1n) is 8.77. The van der Waals surface area contributed by atoms with Gasteiger partial charge in [0.05, 0.1) is 12.3 Å². The maximum Gasteiger partial charge on any atom is 0.240 e. The number of hydrazone groups is 1. The summed E-state index contributed by atoms with van der Waals surface area (Å²) in [6.45, 7) is 4.06. The molecule has 0 atom stereocenters. The molecule has 8 nitrogen and oxygen atoms in total. The summed E-state index contributed by atoms with van der Waals surface area (Å²) in [4.78, 5) is 23.8. The van der Waals surface area contributed by atoms with E-state index in [1.807, 2.05) is 6.92 Å². The molecule has 2 rings (SSSR count). The van der Waals surface area contributed by atoms with Gasteiger partial charge in [0.1, 0.15) is 17.2 Å². The molecule has 0 saturated heterocycles. The Morgan fingerprint density at radius 1 is 1.04 bits per heavy atom. The third kappa shape index (κ3) is 6.31. The number of phenolic OH excluding ortho intramolecular Hbond substituents is 2. The topological polar surface area (TPSA) is 120 Å². The lowest BCUT2D eigenvalue weighted by Crippen LogP contribution is -2.21. The van der Waals surface area contributed by atoms with Crippen LogP contribution >= 0.6 is 0 Å². The van der Waals surface area contributed by atoms with Crippen LogP contribution in [0.15, 0.2) is 47.6 Å². The van der Waals surface area contributed by atoms with Gasteiger partial charge in [-0.25, -0.2) is 5.43 Å². The van der Waals surface area contributed by atoms with E-state index in [-0.39, 0.29) is 30.2 Å². The fourth-order valence-corrected chi connectivity index (χ4v) is 2.34. The molecule has 0 aliphatic rings. The van der Waals surface area contributed by atoms with Gasteiger partial charge in [-0.3, -0.25) is 9.59 Å². The Bertz CT molecular complexity index is 863. The van der Waals surface area contributed by atoms with Crippen molar-refractivity contribution in [2.24, 2.45) is 5.10 Å². The van der Waals surface area contributed by atoms with Crippen LogP contribution in [0.25, 0.3) is 0 Å². The van der Waals surface area contributed by atoms with E-state index in [4.69, 9.17) is 4.74 Å². The summed E-state index contributed by atoms with van der Waals surface area (Å²) >= 11 is 0. The SMILES string of the molecule is CCOc1ccc(NC(=O)CCC(=O)NN=C(C)c2ccc(O)cc2O)cc1. The predicted octanol–water partition coefficient (Wildman–Crippen LogP) is 2.76. The van der Waals surface area contributed by atoms with Crippen molar-refractivity contribution in [1.82, 2.24) is 5.43 Å². The minimum Gasteiger partial charge on any atom is -0.508 e. The number of amides is 2. The molecule has 0 radical (unpaired) electrons. The number of aromatic hydroxyl groups is 2. The summed E-state index contributed by atoms with van der Waals surface area (Å²) in [5.41, 5.74) is 3.70. The van der Waals surface area contributed by atoms with Gasteiger partial charge in [-0.15, -0.1) is 0 Å². The zero-order chi connectivity index (χ0) is 20.5. The van der Waals surface area contributed by atoms with Crippen LogP contribution in [-0.2, 0) is 9.59 Å². The molecular weight excluding hydrogens is 362 g/mol. The molecule has 0 fully saturated rings. The summed E-state index contributed by atoms with van der Waals surface area (Å²) in [7, 11) is 0. The molecule has 0 aliphatic carbocycles. The lowest BCUT2D eigenvalue weighted by atomic mass is 10.1. The lowest BCUT2D eigenvalue weighted by molar-refractivity contribution is -0.124. The van der Waals surface area contributed by atoms with Crippen molar-refractivity contribution in [3.8, 4) is 17.2 Å². The average Bonchev–Trinajstić information content (AvgIpc) is 2.66. The molecule has 0 aromatic heterocycles. The summed E-state index contributed by atoms with van der Waals surface area (Å²) in [5, 5.41) is 25.7. The molecule has 0 bridgehead atoms. The molecule has 2 aromatic carbocycles. The van der Waals surface area contributed by atoms with E-state index in [0.29, 0.717) is 29.3 Å². The molecule has 0 aliphatic heterocycles. The van der Waals surface area contributed by atoms with Crippen molar-refractivity contribution in [3.05, 3.63) is 48.0 Å². The third-order valence-corrected chi connectivity index (χ3v) is 3.75. The van der Waals surface area contributed by atoms with Crippen LogP contribution in [0.3, 0.4) is 0 Å². The molecule has 8 heteroatoms. The van der Waals surface area contributed by atoms with Crippen LogP contribution in [0.1, 0.15) is 32.3 Å². The maximum absolute atomic E-state index is 11.9. The van der Waals surface area contributed by atoms with Crippen LogP contribution in [0, 0.1) is 0 Å². The van der Waals surface area contributed by atoms with E-state index in [1.54, 1.807) is 31.2 Å². The van der Waals surface area contributed by atoms with E-state index in [9.17, 15) is 19.8 Å². The zero-order valence-electron chi connectivity index (χ0n) is 15.7. The van der Waals surface area contributed by atoms with Gasteiger partial charge < -0.3 is 20.3 Å². The van der Waals surface area contributed by atoms with Crippen LogP contribution in [-0.4, -0.2) is 34.3 Å². The fraction of sp³-hybridized carbons (Fsp3) is 0.250. The number of rotatable bonds is 8. The van der Waals surface area contributed by atoms with Crippen molar-refractivity contribution in [3.63, 3.8) is 0 Å². The number of ether oxygens (including phenoxy) is 1. The van der Waals surface area contributed by atoms with Gasteiger partial charge in [-0.1, -0.05) is 0 Å². The molecule has 0 spiro atoms. The minimum absolute atomic E-state index is 0.00191. The molecule has 0 heterocycles. The normalized spacial score (nSPS) is 11.0. The van der Waals surface area contributed by atoms with E-state index in [2.05, 4.69) is 15.8 Å². The number of carbonyl (C=O) groups is 2. The molecule has 4 N–H and O–H groups in total. The Morgan fingerprint density at radius 2 is 1.71 bits per heavy atom. The van der Waals surface area contributed by atoms with Crippen molar-refractivity contribution >= 4 is 23.2 Å². The maximum atomic E-state index is 11.9. The van der Waals surface area contributed by atoms with Gasteiger partial charge in [-0.2, -0.15) is 5.10 Å². The number of nitrogens with one attached hydrogen (secondary N) is 2. The lowest BCUT2D eigenvalue weighted by Gasteiger charge is -2.07. The van der Waals surface area contributed by atoms with Crippen LogP contribution in [0.4, 0.5) is 5.69 Å². The first kappa shape index (κ1) is 20.8. The van der Waals surface area contributed by atoms with Gasteiger partial charge in [-0.05, 0) is 50.2 Å². The van der Waals surface area contributed by atoms with Crippen LogP contribution < -0.4 is 15.5 Å². The Hall–Kier alpha value is -3.55.